The van der Waals surface area contributed by atoms with E-state index in [9.17, 15) is 18.0 Å². The van der Waals surface area contributed by atoms with E-state index in [2.05, 4.69) is 25.9 Å². The van der Waals surface area contributed by atoms with Crippen LogP contribution in [0, 0.1) is 0 Å². The largest absolute Gasteiger partial charge is 0.398 e. The summed E-state index contributed by atoms with van der Waals surface area (Å²) < 4.78 is 36.8. The lowest BCUT2D eigenvalue weighted by Gasteiger charge is -2.35. The first-order chi connectivity index (χ1) is 12.6. The minimum absolute atomic E-state index is 0.127. The van der Waals surface area contributed by atoms with Crippen molar-refractivity contribution in [1.82, 2.24) is 20.9 Å². The molecule has 1 amide bonds. The van der Waals surface area contributed by atoms with Crippen LogP contribution in [-0.2, 0) is 4.79 Å². The predicted octanol–water partition coefficient (Wildman–Crippen LogP) is 3.10. The molecule has 0 spiro atoms. The lowest BCUT2D eigenvalue weighted by atomic mass is 10.1. The van der Waals surface area contributed by atoms with Gasteiger partial charge in [-0.2, -0.15) is 13.2 Å². The molecule has 6 nitrogen and oxygen atoms in total. The summed E-state index contributed by atoms with van der Waals surface area (Å²) in [5.41, 5.74) is 0.102. The zero-order valence-electron chi connectivity index (χ0n) is 15.2. The van der Waals surface area contributed by atoms with Gasteiger partial charge in [-0.1, -0.05) is 24.8 Å². The van der Waals surface area contributed by atoms with E-state index >= 15 is 0 Å². The summed E-state index contributed by atoms with van der Waals surface area (Å²) >= 11 is 0.653. The fraction of sp³-hybridized carbons (Fsp3) is 0.471. The van der Waals surface area contributed by atoms with Crippen molar-refractivity contribution in [1.29, 1.82) is 0 Å². The third-order valence-electron chi connectivity index (χ3n) is 3.69. The van der Waals surface area contributed by atoms with Crippen LogP contribution >= 0.6 is 11.8 Å². The van der Waals surface area contributed by atoms with Crippen molar-refractivity contribution in [3.8, 4) is 0 Å². The Hall–Kier alpha value is -2.07. The minimum atomic E-state index is -4.22. The standard InChI is InChI=1S/C17H22F3N5OS/c1-4-14(26)23-13-8-21-9-16(3,25-13)24-11(2)12-5-6-15(22-7-12)27-10-17(18,19)20/h5-9,11,24-25H,4,10H2,1-3H3,(H,23,26). The monoisotopic (exact) mass is 401 g/mol. The maximum absolute atomic E-state index is 12.3. The Morgan fingerprint density at radius 3 is 2.74 bits per heavy atom. The number of alkyl halides is 3. The first-order valence-electron chi connectivity index (χ1n) is 8.36. The Labute approximate surface area is 160 Å². The molecule has 1 aliphatic heterocycles. The van der Waals surface area contributed by atoms with Gasteiger partial charge in [0.15, 0.2) is 0 Å². The number of aromatic nitrogens is 1. The summed E-state index contributed by atoms with van der Waals surface area (Å²) in [7, 11) is 0. The fourth-order valence-corrected chi connectivity index (χ4v) is 3.01. The fourth-order valence-electron chi connectivity index (χ4n) is 2.40. The molecular formula is C17H22F3N5OS. The summed E-state index contributed by atoms with van der Waals surface area (Å²) in [6.07, 6.45) is 0.879. The van der Waals surface area contributed by atoms with Gasteiger partial charge < -0.3 is 10.6 Å². The van der Waals surface area contributed by atoms with Gasteiger partial charge in [-0.3, -0.25) is 15.1 Å². The van der Waals surface area contributed by atoms with E-state index in [0.29, 0.717) is 29.0 Å². The highest BCUT2D eigenvalue weighted by Gasteiger charge is 2.29. The maximum Gasteiger partial charge on any atom is 0.398 e. The Bertz CT molecular complexity index is 720. The Morgan fingerprint density at radius 2 is 2.15 bits per heavy atom. The molecule has 10 heteroatoms. The highest BCUT2D eigenvalue weighted by molar-refractivity contribution is 7.99. The third kappa shape index (κ3) is 6.87. The highest BCUT2D eigenvalue weighted by atomic mass is 32.2. The molecule has 27 heavy (non-hydrogen) atoms. The number of amides is 1. The Morgan fingerprint density at radius 1 is 1.41 bits per heavy atom. The van der Waals surface area contributed by atoms with Crippen LogP contribution in [0.5, 0.6) is 0 Å². The summed E-state index contributed by atoms with van der Waals surface area (Å²) in [5, 5.41) is 9.53. The minimum Gasteiger partial charge on any atom is -0.348 e. The quantitative estimate of drug-likeness (QED) is 0.612. The molecule has 0 fully saturated rings. The zero-order chi connectivity index (χ0) is 20.1. The van der Waals surface area contributed by atoms with E-state index in [1.165, 1.54) is 6.20 Å². The molecule has 1 aromatic heterocycles. The maximum atomic E-state index is 12.3. The van der Waals surface area contributed by atoms with E-state index < -0.39 is 17.6 Å². The topological polar surface area (TPSA) is 78.4 Å². The third-order valence-corrected chi connectivity index (χ3v) is 4.69. The molecule has 2 atom stereocenters. The van der Waals surface area contributed by atoms with Crippen LogP contribution in [0.1, 0.15) is 38.8 Å². The van der Waals surface area contributed by atoms with Crippen molar-refractivity contribution >= 4 is 23.9 Å². The van der Waals surface area contributed by atoms with Crippen LogP contribution in [0.25, 0.3) is 0 Å². The van der Waals surface area contributed by atoms with E-state index in [4.69, 9.17) is 0 Å². The number of carbonyl (C=O) groups excluding carboxylic acids is 1. The first-order valence-corrected chi connectivity index (χ1v) is 9.34. The number of halogens is 3. The zero-order valence-corrected chi connectivity index (χ0v) is 16.0. The van der Waals surface area contributed by atoms with Gasteiger partial charge >= 0.3 is 6.18 Å². The Kier molecular flexibility index (Phi) is 6.88. The van der Waals surface area contributed by atoms with Gasteiger partial charge in [-0.25, -0.2) is 4.98 Å². The molecule has 2 rings (SSSR count). The number of thioether (sulfide) groups is 1. The van der Waals surface area contributed by atoms with Crippen LogP contribution in [0.3, 0.4) is 0 Å². The van der Waals surface area contributed by atoms with Crippen LogP contribution in [0.15, 0.2) is 40.4 Å². The summed E-state index contributed by atoms with van der Waals surface area (Å²) in [6, 6.07) is 3.15. The van der Waals surface area contributed by atoms with Gasteiger partial charge in [0, 0.05) is 24.9 Å². The second-order valence-corrected chi connectivity index (χ2v) is 7.25. The molecule has 3 N–H and O–H groups in total. The molecule has 0 saturated heterocycles. The highest BCUT2D eigenvalue weighted by Crippen LogP contribution is 2.26. The van der Waals surface area contributed by atoms with E-state index in [0.717, 1.165) is 5.56 Å². The molecule has 2 heterocycles. The van der Waals surface area contributed by atoms with Crippen molar-refractivity contribution in [3.63, 3.8) is 0 Å². The van der Waals surface area contributed by atoms with E-state index in [1.54, 1.807) is 31.5 Å². The van der Waals surface area contributed by atoms with Gasteiger partial charge in [-0.05, 0) is 25.5 Å². The summed E-state index contributed by atoms with van der Waals surface area (Å²) in [6.45, 7) is 5.52. The van der Waals surface area contributed by atoms with Gasteiger partial charge in [0.25, 0.3) is 0 Å². The smallest absolute Gasteiger partial charge is 0.348 e. The van der Waals surface area contributed by atoms with Crippen LogP contribution in [-0.4, -0.2) is 34.7 Å². The molecule has 0 radical (unpaired) electrons. The molecular weight excluding hydrogens is 379 g/mol. The summed E-state index contributed by atoms with van der Waals surface area (Å²) in [5.74, 6) is -0.606. The van der Waals surface area contributed by atoms with E-state index in [-0.39, 0.29) is 11.9 Å². The van der Waals surface area contributed by atoms with Crippen molar-refractivity contribution in [2.75, 3.05) is 5.75 Å². The molecule has 0 aliphatic carbocycles. The second kappa shape index (κ2) is 8.75. The van der Waals surface area contributed by atoms with Gasteiger partial charge in [0.05, 0.1) is 17.0 Å². The second-order valence-electron chi connectivity index (χ2n) is 6.25. The molecule has 1 aliphatic rings. The number of aliphatic imine (C=N–C) groups is 1. The normalized spacial score (nSPS) is 20.6. The Balaban J connectivity index is 1.96. The van der Waals surface area contributed by atoms with Crippen LogP contribution in [0.2, 0.25) is 0 Å². The lowest BCUT2D eigenvalue weighted by Crippen LogP contribution is -2.59. The SMILES string of the molecule is CCC(=O)NC1=CN=CC(C)(NC(C)c2ccc(SCC(F)(F)F)nc2)N1. The molecule has 0 aromatic carbocycles. The van der Waals surface area contributed by atoms with Gasteiger partial charge in [0.2, 0.25) is 5.91 Å². The average Bonchev–Trinajstić information content (AvgIpc) is 2.59. The summed E-state index contributed by atoms with van der Waals surface area (Å²) in [4.78, 5) is 19.8. The number of nitrogens with one attached hydrogen (secondary N) is 3. The van der Waals surface area contributed by atoms with Crippen LogP contribution in [0.4, 0.5) is 13.2 Å². The number of carbonyl (C=O) groups is 1. The first kappa shape index (κ1) is 21.2. The molecule has 2 unspecified atom stereocenters. The van der Waals surface area contributed by atoms with Crippen molar-refractivity contribution < 1.29 is 18.0 Å². The molecule has 0 bridgehead atoms. The number of pyridine rings is 1. The number of nitrogens with zero attached hydrogens (tertiary/aromatic N) is 2. The van der Waals surface area contributed by atoms with E-state index in [1.807, 2.05) is 13.8 Å². The number of rotatable bonds is 7. The lowest BCUT2D eigenvalue weighted by molar-refractivity contribution is -0.120. The van der Waals surface area contributed by atoms with Crippen LogP contribution < -0.4 is 16.0 Å². The molecule has 1 aromatic rings. The molecule has 0 saturated carbocycles. The van der Waals surface area contributed by atoms with Crippen molar-refractivity contribution in [3.05, 3.63) is 35.9 Å². The molecule has 148 valence electrons. The average molecular weight is 401 g/mol. The number of hydrogen-bond donors (Lipinski definition) is 3. The van der Waals surface area contributed by atoms with Crippen molar-refractivity contribution in [2.24, 2.45) is 4.99 Å². The van der Waals surface area contributed by atoms with Gasteiger partial charge in [-0.15, -0.1) is 0 Å². The van der Waals surface area contributed by atoms with Gasteiger partial charge in [0.1, 0.15) is 11.5 Å². The number of hydrogen-bond acceptors (Lipinski definition) is 6. The van der Waals surface area contributed by atoms with Crippen molar-refractivity contribution in [2.45, 2.75) is 50.1 Å². The predicted molar refractivity (Wildman–Crippen MR) is 99.1 cm³/mol.